The Balaban J connectivity index is 1.98. The Morgan fingerprint density at radius 1 is 1.23 bits per heavy atom. The molecule has 3 rings (SSSR count). The SMILES string of the molecule is C=CCN1C(=O)N(c2ccccc2)C(=O)C2CC(Br)CCC21. The van der Waals surface area contributed by atoms with E-state index in [1.807, 2.05) is 18.2 Å². The van der Waals surface area contributed by atoms with E-state index in [-0.39, 0.29) is 23.9 Å². The van der Waals surface area contributed by atoms with Gasteiger partial charge in [-0.05, 0) is 31.4 Å². The topological polar surface area (TPSA) is 40.6 Å². The second kappa shape index (κ2) is 6.24. The van der Waals surface area contributed by atoms with E-state index in [1.54, 1.807) is 23.1 Å². The average Bonchev–Trinajstić information content (AvgIpc) is 2.53. The fourth-order valence-electron chi connectivity index (χ4n) is 3.44. The van der Waals surface area contributed by atoms with E-state index < -0.39 is 0 Å². The first kappa shape index (κ1) is 15.3. The van der Waals surface area contributed by atoms with Crippen LogP contribution in [0.3, 0.4) is 0 Å². The molecule has 1 aliphatic carbocycles. The van der Waals surface area contributed by atoms with Crippen molar-refractivity contribution < 1.29 is 9.59 Å². The van der Waals surface area contributed by atoms with E-state index in [9.17, 15) is 9.59 Å². The molecule has 0 bridgehead atoms. The summed E-state index contributed by atoms with van der Waals surface area (Å²) in [6, 6.07) is 8.93. The van der Waals surface area contributed by atoms with E-state index in [0.717, 1.165) is 19.3 Å². The van der Waals surface area contributed by atoms with Crippen LogP contribution in [0, 0.1) is 5.92 Å². The normalized spacial score (nSPS) is 28.5. The zero-order chi connectivity index (χ0) is 15.7. The molecule has 5 heteroatoms. The van der Waals surface area contributed by atoms with Gasteiger partial charge >= 0.3 is 6.03 Å². The van der Waals surface area contributed by atoms with E-state index in [1.165, 1.54) is 4.90 Å². The summed E-state index contributed by atoms with van der Waals surface area (Å²) in [6.07, 6.45) is 4.34. The summed E-state index contributed by atoms with van der Waals surface area (Å²) >= 11 is 3.63. The highest BCUT2D eigenvalue weighted by Gasteiger charge is 2.48. The molecular formula is C17H19BrN2O2. The van der Waals surface area contributed by atoms with E-state index in [0.29, 0.717) is 17.1 Å². The van der Waals surface area contributed by atoms with Gasteiger partial charge in [0.15, 0.2) is 0 Å². The lowest BCUT2D eigenvalue weighted by molar-refractivity contribution is -0.126. The summed E-state index contributed by atoms with van der Waals surface area (Å²) < 4.78 is 0. The molecule has 1 aromatic rings. The van der Waals surface area contributed by atoms with Crippen LogP contribution < -0.4 is 4.90 Å². The number of urea groups is 1. The van der Waals surface area contributed by atoms with Gasteiger partial charge in [-0.15, -0.1) is 6.58 Å². The first-order valence-corrected chi connectivity index (χ1v) is 8.49. The van der Waals surface area contributed by atoms with Gasteiger partial charge in [0.05, 0.1) is 11.6 Å². The highest BCUT2D eigenvalue weighted by Crippen LogP contribution is 2.38. The molecule has 2 fully saturated rings. The van der Waals surface area contributed by atoms with Crippen LogP contribution in [-0.2, 0) is 4.79 Å². The summed E-state index contributed by atoms with van der Waals surface area (Å²) in [7, 11) is 0. The van der Waals surface area contributed by atoms with E-state index in [2.05, 4.69) is 22.5 Å². The maximum absolute atomic E-state index is 12.9. The van der Waals surface area contributed by atoms with Crippen LogP contribution in [0.4, 0.5) is 10.5 Å². The molecule has 0 radical (unpaired) electrons. The van der Waals surface area contributed by atoms with Crippen molar-refractivity contribution in [2.45, 2.75) is 30.1 Å². The van der Waals surface area contributed by atoms with Crippen LogP contribution in [0.25, 0.3) is 0 Å². The van der Waals surface area contributed by atoms with Crippen LogP contribution in [0.15, 0.2) is 43.0 Å². The standard InChI is InChI=1S/C17H19BrN2O2/c1-2-10-19-15-9-8-12(18)11-14(15)16(21)20(17(19)22)13-6-4-3-5-7-13/h2-7,12,14-15H,1,8-11H2. The fraction of sp³-hybridized carbons (Fsp3) is 0.412. The molecule has 3 atom stereocenters. The Bertz CT molecular complexity index is 590. The monoisotopic (exact) mass is 362 g/mol. The van der Waals surface area contributed by atoms with Gasteiger partial charge in [-0.2, -0.15) is 0 Å². The lowest BCUT2D eigenvalue weighted by atomic mass is 9.81. The van der Waals surface area contributed by atoms with Crippen LogP contribution >= 0.6 is 15.9 Å². The van der Waals surface area contributed by atoms with Gasteiger partial charge in [-0.3, -0.25) is 4.79 Å². The molecule has 3 amide bonds. The van der Waals surface area contributed by atoms with Gasteiger partial charge in [0.1, 0.15) is 0 Å². The summed E-state index contributed by atoms with van der Waals surface area (Å²) in [5, 5.41) is 0. The molecule has 0 spiro atoms. The summed E-state index contributed by atoms with van der Waals surface area (Å²) in [6.45, 7) is 4.23. The number of halogens is 1. The number of fused-ring (bicyclic) bond motifs is 1. The lowest BCUT2D eigenvalue weighted by Crippen LogP contribution is -2.63. The Morgan fingerprint density at radius 2 is 1.95 bits per heavy atom. The third kappa shape index (κ3) is 2.58. The number of carbonyl (C=O) groups is 2. The number of alkyl halides is 1. The lowest BCUT2D eigenvalue weighted by Gasteiger charge is -2.47. The van der Waals surface area contributed by atoms with E-state index >= 15 is 0 Å². The predicted molar refractivity (Wildman–Crippen MR) is 90.1 cm³/mol. The number of carbonyl (C=O) groups excluding carboxylic acids is 2. The fourth-order valence-corrected chi connectivity index (χ4v) is 4.11. The van der Waals surface area contributed by atoms with Gasteiger partial charge in [0.25, 0.3) is 0 Å². The van der Waals surface area contributed by atoms with Gasteiger partial charge in [-0.1, -0.05) is 40.2 Å². The molecular weight excluding hydrogens is 344 g/mol. The number of nitrogens with zero attached hydrogens (tertiary/aromatic N) is 2. The molecule has 22 heavy (non-hydrogen) atoms. The van der Waals surface area contributed by atoms with Crippen molar-refractivity contribution in [3.8, 4) is 0 Å². The second-order valence-electron chi connectivity index (χ2n) is 5.82. The minimum absolute atomic E-state index is 0.00763. The Hall–Kier alpha value is -1.62. The quantitative estimate of drug-likeness (QED) is 0.609. The molecule has 0 N–H and O–H groups in total. The van der Waals surface area contributed by atoms with Gasteiger partial charge in [0, 0.05) is 17.4 Å². The highest BCUT2D eigenvalue weighted by molar-refractivity contribution is 9.09. The van der Waals surface area contributed by atoms with Crippen molar-refractivity contribution in [2.24, 2.45) is 5.92 Å². The third-order valence-corrected chi connectivity index (χ3v) is 5.30. The maximum atomic E-state index is 12.9. The zero-order valence-corrected chi connectivity index (χ0v) is 13.9. The average molecular weight is 363 g/mol. The first-order chi connectivity index (χ1) is 10.6. The van der Waals surface area contributed by atoms with E-state index in [4.69, 9.17) is 0 Å². The molecule has 4 nitrogen and oxygen atoms in total. The number of para-hydroxylation sites is 1. The summed E-state index contributed by atoms with van der Waals surface area (Å²) in [5.41, 5.74) is 0.640. The molecule has 2 aliphatic rings. The minimum Gasteiger partial charge on any atom is -0.316 e. The Morgan fingerprint density at radius 3 is 2.64 bits per heavy atom. The molecule has 3 unspecified atom stereocenters. The van der Waals surface area contributed by atoms with Crippen molar-refractivity contribution in [3.05, 3.63) is 43.0 Å². The second-order valence-corrected chi connectivity index (χ2v) is 7.11. The van der Waals surface area contributed by atoms with Gasteiger partial charge in [0.2, 0.25) is 5.91 Å². The number of benzene rings is 1. The molecule has 1 aliphatic heterocycles. The van der Waals surface area contributed by atoms with Crippen molar-refractivity contribution >= 4 is 33.6 Å². The van der Waals surface area contributed by atoms with Crippen LogP contribution in [0.2, 0.25) is 0 Å². The highest BCUT2D eigenvalue weighted by atomic mass is 79.9. The minimum atomic E-state index is -0.231. The Labute approximate surface area is 138 Å². The molecule has 1 aromatic carbocycles. The zero-order valence-electron chi connectivity index (χ0n) is 12.3. The summed E-state index contributed by atoms with van der Waals surface area (Å²) in [4.78, 5) is 29.2. The third-order valence-electron chi connectivity index (χ3n) is 4.46. The number of amides is 3. The Kier molecular flexibility index (Phi) is 4.34. The smallest absolute Gasteiger partial charge is 0.316 e. The predicted octanol–water partition coefficient (Wildman–Crippen LogP) is 3.57. The largest absolute Gasteiger partial charge is 0.331 e. The number of hydrogen-bond donors (Lipinski definition) is 0. The van der Waals surface area contributed by atoms with Gasteiger partial charge < -0.3 is 4.90 Å². The first-order valence-electron chi connectivity index (χ1n) is 7.58. The maximum Gasteiger partial charge on any atom is 0.331 e. The molecule has 0 aromatic heterocycles. The number of hydrogen-bond acceptors (Lipinski definition) is 2. The number of imide groups is 1. The van der Waals surface area contributed by atoms with Gasteiger partial charge in [-0.25, -0.2) is 9.69 Å². The van der Waals surface area contributed by atoms with Crippen LogP contribution in [0.1, 0.15) is 19.3 Å². The molecule has 1 heterocycles. The van der Waals surface area contributed by atoms with Crippen molar-refractivity contribution in [3.63, 3.8) is 0 Å². The van der Waals surface area contributed by atoms with Crippen molar-refractivity contribution in [2.75, 3.05) is 11.4 Å². The number of rotatable bonds is 3. The molecule has 1 saturated heterocycles. The van der Waals surface area contributed by atoms with Crippen molar-refractivity contribution in [1.82, 2.24) is 4.90 Å². The van der Waals surface area contributed by atoms with Crippen molar-refractivity contribution in [1.29, 1.82) is 0 Å². The number of anilines is 1. The van der Waals surface area contributed by atoms with Crippen LogP contribution in [-0.4, -0.2) is 34.3 Å². The molecule has 116 valence electrons. The molecule has 1 saturated carbocycles. The van der Waals surface area contributed by atoms with Crippen LogP contribution in [0.5, 0.6) is 0 Å². The summed E-state index contributed by atoms with van der Waals surface area (Å²) in [5.74, 6) is -0.221.